The molecule has 0 aromatic heterocycles. The first-order chi connectivity index (χ1) is 16.2. The van der Waals surface area contributed by atoms with E-state index in [9.17, 15) is 19.2 Å². The third-order valence-electron chi connectivity index (χ3n) is 6.93. The Hall–Kier alpha value is -3.72. The zero-order valence-electron chi connectivity index (χ0n) is 19.1. The molecule has 1 spiro atoms. The molecule has 0 unspecified atom stereocenters. The summed E-state index contributed by atoms with van der Waals surface area (Å²) in [6.07, 6.45) is -0.427. The van der Waals surface area contributed by atoms with E-state index in [1.54, 1.807) is 18.2 Å². The van der Waals surface area contributed by atoms with E-state index in [0.717, 1.165) is 22.4 Å². The highest BCUT2D eigenvalue weighted by molar-refractivity contribution is 6.20. The van der Waals surface area contributed by atoms with E-state index in [-0.39, 0.29) is 12.5 Å². The Morgan fingerprint density at radius 1 is 1.06 bits per heavy atom. The summed E-state index contributed by atoms with van der Waals surface area (Å²) in [5.41, 5.74) is 2.41. The molecular formula is C25H25N3O6. The lowest BCUT2D eigenvalue weighted by molar-refractivity contribution is -0.153. The summed E-state index contributed by atoms with van der Waals surface area (Å²) in [6.45, 7) is 4.27. The number of anilines is 1. The number of esters is 1. The molecule has 2 N–H and O–H groups in total. The summed E-state index contributed by atoms with van der Waals surface area (Å²) in [5, 5.41) is 4.58. The molecule has 4 amide bonds. The van der Waals surface area contributed by atoms with Crippen LogP contribution in [0, 0.1) is 5.41 Å². The highest BCUT2D eigenvalue weighted by Crippen LogP contribution is 2.47. The number of carbonyl (C=O) groups is 4. The quantitative estimate of drug-likeness (QED) is 0.517. The van der Waals surface area contributed by atoms with Crippen LogP contribution in [-0.2, 0) is 25.5 Å². The maximum Gasteiger partial charge on any atom is 0.337 e. The van der Waals surface area contributed by atoms with E-state index in [0.29, 0.717) is 12.1 Å². The van der Waals surface area contributed by atoms with Crippen LogP contribution in [-0.4, -0.2) is 55.7 Å². The number of carbonyl (C=O) groups excluding carboxylic acids is 4. The molecule has 0 saturated carbocycles. The van der Waals surface area contributed by atoms with Crippen molar-refractivity contribution in [3.05, 3.63) is 53.6 Å². The second-order valence-electron chi connectivity index (χ2n) is 9.05. The number of rotatable bonds is 2. The fourth-order valence-corrected chi connectivity index (χ4v) is 5.54. The van der Waals surface area contributed by atoms with Crippen LogP contribution in [0.5, 0.6) is 0 Å². The average Bonchev–Trinajstić information content (AvgIpc) is 2.81. The van der Waals surface area contributed by atoms with Gasteiger partial charge in [0.05, 0.1) is 30.9 Å². The Bertz CT molecular complexity index is 1200. The molecule has 2 saturated heterocycles. The van der Waals surface area contributed by atoms with Crippen molar-refractivity contribution in [3.63, 3.8) is 0 Å². The first kappa shape index (κ1) is 22.1. The molecule has 9 nitrogen and oxygen atoms in total. The minimum atomic E-state index is -1.49. The number of ether oxygens (including phenoxy) is 2. The van der Waals surface area contributed by atoms with E-state index in [2.05, 4.69) is 15.5 Å². The van der Waals surface area contributed by atoms with Crippen LogP contribution in [0.4, 0.5) is 10.5 Å². The van der Waals surface area contributed by atoms with Gasteiger partial charge < -0.3 is 14.4 Å². The second-order valence-corrected chi connectivity index (χ2v) is 9.05. The lowest BCUT2D eigenvalue weighted by Gasteiger charge is -2.55. The first-order valence-electron chi connectivity index (χ1n) is 11.1. The van der Waals surface area contributed by atoms with Crippen LogP contribution >= 0.6 is 0 Å². The second kappa shape index (κ2) is 7.95. The van der Waals surface area contributed by atoms with E-state index in [1.165, 1.54) is 7.11 Å². The lowest BCUT2D eigenvalue weighted by Crippen LogP contribution is -2.75. The zero-order chi connectivity index (χ0) is 24.2. The Kier molecular flexibility index (Phi) is 5.16. The van der Waals surface area contributed by atoms with Gasteiger partial charge in [-0.1, -0.05) is 24.3 Å². The van der Waals surface area contributed by atoms with Crippen molar-refractivity contribution in [2.24, 2.45) is 5.41 Å². The van der Waals surface area contributed by atoms with Gasteiger partial charge in [0.2, 0.25) is 11.8 Å². The molecule has 9 heteroatoms. The SMILES string of the molecule is COC(=O)c1cccc(-c2ccc3c(c2)N2C[C@@H](C)O[C@@H](C)[C@@H]2C2(C3)C(=O)NC(=O)NC2=O)c1. The maximum atomic E-state index is 13.2. The van der Waals surface area contributed by atoms with Gasteiger partial charge in [0.15, 0.2) is 5.41 Å². The number of hydrogen-bond donors (Lipinski definition) is 2. The van der Waals surface area contributed by atoms with Crippen LogP contribution in [0.3, 0.4) is 0 Å². The Balaban J connectivity index is 1.63. The van der Waals surface area contributed by atoms with Crippen LogP contribution < -0.4 is 15.5 Å². The molecule has 3 heterocycles. The minimum Gasteiger partial charge on any atom is -0.465 e. The standard InChI is InChI=1S/C25H25N3O6/c1-13-12-28-19-10-16(15-5-4-6-17(9-15)21(29)33-3)7-8-18(19)11-25(20(28)14(2)34-13)22(30)26-24(32)27-23(25)31/h4-10,13-14,20H,11-12H2,1-3H3,(H2,26,27,30,31,32)/t13-,14+,20-/m1/s1. The number of fused-ring (bicyclic) bond motifs is 4. The van der Waals surface area contributed by atoms with Crippen LogP contribution in [0.1, 0.15) is 29.8 Å². The predicted molar refractivity (Wildman–Crippen MR) is 122 cm³/mol. The minimum absolute atomic E-state index is 0.128. The highest BCUT2D eigenvalue weighted by atomic mass is 16.5. The molecule has 3 atom stereocenters. The van der Waals surface area contributed by atoms with Gasteiger partial charge in [0.25, 0.3) is 0 Å². The molecule has 3 aliphatic rings. The van der Waals surface area contributed by atoms with Crippen molar-refractivity contribution in [1.82, 2.24) is 10.6 Å². The molecule has 2 fully saturated rings. The van der Waals surface area contributed by atoms with Crippen molar-refractivity contribution in [1.29, 1.82) is 0 Å². The Morgan fingerprint density at radius 2 is 1.76 bits per heavy atom. The summed E-state index contributed by atoms with van der Waals surface area (Å²) < 4.78 is 10.9. The summed E-state index contributed by atoms with van der Waals surface area (Å²) in [4.78, 5) is 52.2. The van der Waals surface area contributed by atoms with Gasteiger partial charge in [-0.15, -0.1) is 0 Å². The molecule has 34 heavy (non-hydrogen) atoms. The molecule has 0 bridgehead atoms. The number of barbiturate groups is 1. The number of morpholine rings is 1. The number of imide groups is 2. The number of benzene rings is 2. The normalized spacial score (nSPS) is 25.2. The molecule has 2 aromatic carbocycles. The zero-order valence-corrected chi connectivity index (χ0v) is 19.1. The third kappa shape index (κ3) is 3.27. The molecule has 2 aromatic rings. The number of urea groups is 1. The lowest BCUT2D eigenvalue weighted by atomic mass is 9.66. The summed E-state index contributed by atoms with van der Waals surface area (Å²) in [6, 6.07) is 11.6. The fourth-order valence-electron chi connectivity index (χ4n) is 5.54. The van der Waals surface area contributed by atoms with Crippen LogP contribution in [0.2, 0.25) is 0 Å². The Morgan fingerprint density at radius 3 is 2.47 bits per heavy atom. The van der Waals surface area contributed by atoms with Gasteiger partial charge in [-0.05, 0) is 55.2 Å². The van der Waals surface area contributed by atoms with E-state index in [1.807, 2.05) is 38.1 Å². The Labute approximate surface area is 196 Å². The number of methoxy groups -OCH3 is 1. The van der Waals surface area contributed by atoms with Crippen molar-refractivity contribution >= 4 is 29.5 Å². The van der Waals surface area contributed by atoms with Crippen LogP contribution in [0.15, 0.2) is 42.5 Å². The number of amides is 4. The smallest absolute Gasteiger partial charge is 0.337 e. The largest absolute Gasteiger partial charge is 0.465 e. The van der Waals surface area contributed by atoms with Gasteiger partial charge in [-0.2, -0.15) is 0 Å². The molecule has 0 aliphatic carbocycles. The van der Waals surface area contributed by atoms with Crippen molar-refractivity contribution < 1.29 is 28.7 Å². The van der Waals surface area contributed by atoms with Crippen molar-refractivity contribution in [2.75, 3.05) is 18.6 Å². The monoisotopic (exact) mass is 463 g/mol. The van der Waals surface area contributed by atoms with E-state index in [4.69, 9.17) is 9.47 Å². The molecular weight excluding hydrogens is 438 g/mol. The van der Waals surface area contributed by atoms with E-state index >= 15 is 0 Å². The summed E-state index contributed by atoms with van der Waals surface area (Å²) in [5.74, 6) is -1.63. The fraction of sp³-hybridized carbons (Fsp3) is 0.360. The number of hydrogen-bond acceptors (Lipinski definition) is 7. The summed E-state index contributed by atoms with van der Waals surface area (Å²) in [7, 11) is 1.34. The van der Waals surface area contributed by atoms with Gasteiger partial charge in [0, 0.05) is 12.2 Å². The molecule has 0 radical (unpaired) electrons. The third-order valence-corrected chi connectivity index (χ3v) is 6.93. The highest BCUT2D eigenvalue weighted by Gasteiger charge is 2.62. The topological polar surface area (TPSA) is 114 Å². The molecule has 176 valence electrons. The summed E-state index contributed by atoms with van der Waals surface area (Å²) >= 11 is 0. The van der Waals surface area contributed by atoms with Gasteiger partial charge in [0.1, 0.15) is 0 Å². The van der Waals surface area contributed by atoms with Gasteiger partial charge in [-0.25, -0.2) is 9.59 Å². The predicted octanol–water partition coefficient (Wildman–Crippen LogP) is 2.03. The van der Waals surface area contributed by atoms with Crippen molar-refractivity contribution in [3.8, 4) is 11.1 Å². The average molecular weight is 463 g/mol. The van der Waals surface area contributed by atoms with E-state index < -0.39 is 41.4 Å². The number of nitrogens with zero attached hydrogens (tertiary/aromatic N) is 1. The number of nitrogens with one attached hydrogen (secondary N) is 2. The molecule has 5 rings (SSSR count). The van der Waals surface area contributed by atoms with Gasteiger partial charge in [-0.3, -0.25) is 20.2 Å². The maximum absolute atomic E-state index is 13.2. The molecule has 3 aliphatic heterocycles. The van der Waals surface area contributed by atoms with Gasteiger partial charge >= 0.3 is 12.0 Å². The van der Waals surface area contributed by atoms with Crippen molar-refractivity contribution in [2.45, 2.75) is 38.5 Å². The first-order valence-corrected chi connectivity index (χ1v) is 11.1. The van der Waals surface area contributed by atoms with Crippen LogP contribution in [0.25, 0.3) is 11.1 Å².